The lowest BCUT2D eigenvalue weighted by Crippen LogP contribution is -2.38. The molecule has 0 aromatic rings. The van der Waals surface area contributed by atoms with E-state index in [2.05, 4.69) is 12.2 Å². The van der Waals surface area contributed by atoms with Crippen molar-refractivity contribution in [3.8, 4) is 0 Å². The van der Waals surface area contributed by atoms with E-state index < -0.39 is 0 Å². The molecule has 0 N–H and O–H groups in total. The lowest BCUT2D eigenvalue weighted by atomic mass is 9.67. The lowest BCUT2D eigenvalue weighted by molar-refractivity contribution is -0.151. The van der Waals surface area contributed by atoms with Crippen LogP contribution in [0.15, 0.2) is 12.2 Å². The van der Waals surface area contributed by atoms with E-state index in [0.717, 1.165) is 61.4 Å². The van der Waals surface area contributed by atoms with Crippen LogP contribution in [0.5, 0.6) is 0 Å². The Labute approximate surface area is 139 Å². The summed E-state index contributed by atoms with van der Waals surface area (Å²) in [4.78, 5) is 11.6. The molecule has 128 valence electrons. The van der Waals surface area contributed by atoms with E-state index in [4.69, 9.17) is 9.47 Å². The Kier molecular flexibility index (Phi) is 4.25. The summed E-state index contributed by atoms with van der Waals surface area (Å²) in [6.07, 6.45) is 12.4. The van der Waals surface area contributed by atoms with E-state index in [9.17, 15) is 4.79 Å². The highest BCUT2D eigenvalue weighted by atomic mass is 16.5. The molecule has 0 spiro atoms. The van der Waals surface area contributed by atoms with Crippen LogP contribution in [-0.2, 0) is 14.3 Å². The van der Waals surface area contributed by atoms with Crippen LogP contribution >= 0.6 is 0 Å². The van der Waals surface area contributed by atoms with Gasteiger partial charge in [0.25, 0.3) is 0 Å². The highest BCUT2D eigenvalue weighted by Crippen LogP contribution is 2.67. The third-order valence-electron chi connectivity index (χ3n) is 7.20. The summed E-state index contributed by atoms with van der Waals surface area (Å²) < 4.78 is 11.0. The largest absolute Gasteiger partial charge is 0.462 e. The van der Waals surface area contributed by atoms with Crippen molar-refractivity contribution < 1.29 is 14.3 Å². The van der Waals surface area contributed by atoms with Gasteiger partial charge in [-0.2, -0.15) is 0 Å². The van der Waals surface area contributed by atoms with Gasteiger partial charge in [-0.1, -0.05) is 12.2 Å². The Morgan fingerprint density at radius 2 is 1.91 bits per heavy atom. The van der Waals surface area contributed by atoms with Gasteiger partial charge in [0.2, 0.25) is 0 Å². The van der Waals surface area contributed by atoms with E-state index in [0.29, 0.717) is 5.92 Å². The molecule has 0 aromatic carbocycles. The highest BCUT2D eigenvalue weighted by Gasteiger charge is 2.62. The van der Waals surface area contributed by atoms with Crippen LogP contribution in [0.25, 0.3) is 0 Å². The average molecular weight is 318 g/mol. The van der Waals surface area contributed by atoms with Crippen molar-refractivity contribution in [2.45, 2.75) is 51.6 Å². The van der Waals surface area contributed by atoms with Crippen molar-refractivity contribution in [2.24, 2.45) is 41.4 Å². The number of carbonyl (C=O) groups is 1. The monoisotopic (exact) mass is 318 g/mol. The highest BCUT2D eigenvalue weighted by molar-refractivity contribution is 5.66. The molecule has 4 aliphatic carbocycles. The number of rotatable bonds is 7. The summed E-state index contributed by atoms with van der Waals surface area (Å²) in [7, 11) is 1.75. The molecule has 8 unspecified atom stereocenters. The maximum absolute atomic E-state index is 11.6. The maximum Gasteiger partial charge on any atom is 0.302 e. The number of carbonyl (C=O) groups excluding carboxylic acids is 1. The van der Waals surface area contributed by atoms with Crippen molar-refractivity contribution in [2.75, 3.05) is 13.7 Å². The molecule has 3 saturated carbocycles. The fraction of sp³-hybridized carbons (Fsp3) is 0.850. The molecular weight excluding hydrogens is 288 g/mol. The van der Waals surface area contributed by atoms with Crippen LogP contribution in [0.4, 0.5) is 0 Å². The number of hydrogen-bond acceptors (Lipinski definition) is 3. The first-order chi connectivity index (χ1) is 11.2. The van der Waals surface area contributed by atoms with Crippen LogP contribution < -0.4 is 0 Å². The second-order valence-corrected chi connectivity index (χ2v) is 8.30. The first kappa shape index (κ1) is 15.7. The van der Waals surface area contributed by atoms with Crippen molar-refractivity contribution in [1.82, 2.24) is 0 Å². The van der Waals surface area contributed by atoms with Crippen molar-refractivity contribution >= 4 is 5.97 Å². The Hall–Kier alpha value is -0.830. The number of hydrogen-bond donors (Lipinski definition) is 0. The second kappa shape index (κ2) is 6.23. The minimum absolute atomic E-state index is 0.103. The van der Waals surface area contributed by atoms with Crippen LogP contribution in [0.1, 0.15) is 45.4 Å². The smallest absolute Gasteiger partial charge is 0.302 e. The maximum atomic E-state index is 11.6. The molecule has 0 heterocycles. The summed E-state index contributed by atoms with van der Waals surface area (Å²) in [6.45, 7) is 2.38. The number of fused-ring (bicyclic) bond motifs is 9. The Morgan fingerprint density at radius 3 is 2.65 bits per heavy atom. The average Bonchev–Trinajstić information content (AvgIpc) is 3.28. The third-order valence-corrected chi connectivity index (χ3v) is 7.20. The number of ether oxygens (including phenoxy) is 2. The van der Waals surface area contributed by atoms with Crippen molar-refractivity contribution in [3.63, 3.8) is 0 Å². The molecule has 3 nitrogen and oxygen atoms in total. The fourth-order valence-electron chi connectivity index (χ4n) is 6.66. The van der Waals surface area contributed by atoms with Crippen molar-refractivity contribution in [3.05, 3.63) is 12.2 Å². The molecule has 0 saturated heterocycles. The van der Waals surface area contributed by atoms with E-state index in [1.165, 1.54) is 19.3 Å². The molecule has 0 aliphatic heterocycles. The zero-order valence-corrected chi connectivity index (χ0v) is 14.4. The number of unbranched alkanes of at least 4 members (excludes halogenated alkanes) is 1. The first-order valence-corrected chi connectivity index (χ1v) is 9.53. The predicted molar refractivity (Wildman–Crippen MR) is 88.7 cm³/mol. The molecule has 0 aromatic heterocycles. The van der Waals surface area contributed by atoms with E-state index in [1.807, 2.05) is 0 Å². The van der Waals surface area contributed by atoms with Gasteiger partial charge in [0.1, 0.15) is 6.10 Å². The first-order valence-electron chi connectivity index (χ1n) is 9.53. The SMILES string of the molecule is COCCCCC(OC(C)=O)C1CC2CC1C1C3C=CC(C3)C21. The summed E-state index contributed by atoms with van der Waals surface area (Å²) in [5, 5.41) is 0. The molecule has 4 rings (SSSR count). The number of allylic oxidation sites excluding steroid dienone is 2. The summed E-state index contributed by atoms with van der Waals surface area (Å²) in [5.74, 6) is 5.76. The fourth-order valence-corrected chi connectivity index (χ4v) is 6.66. The van der Waals surface area contributed by atoms with Gasteiger partial charge in [-0.25, -0.2) is 0 Å². The number of esters is 1. The molecule has 3 heteroatoms. The third kappa shape index (κ3) is 2.65. The molecule has 0 amide bonds. The zero-order valence-electron chi connectivity index (χ0n) is 14.4. The Morgan fingerprint density at radius 1 is 1.13 bits per heavy atom. The zero-order chi connectivity index (χ0) is 16.0. The van der Waals surface area contributed by atoms with Crippen LogP contribution in [0.2, 0.25) is 0 Å². The van der Waals surface area contributed by atoms with Gasteiger partial charge in [0.05, 0.1) is 0 Å². The van der Waals surface area contributed by atoms with Gasteiger partial charge in [0, 0.05) is 20.6 Å². The molecule has 0 radical (unpaired) electrons. The second-order valence-electron chi connectivity index (χ2n) is 8.30. The number of methoxy groups -OCH3 is 1. The van der Waals surface area contributed by atoms with E-state index in [-0.39, 0.29) is 12.1 Å². The van der Waals surface area contributed by atoms with Gasteiger partial charge in [0.15, 0.2) is 0 Å². The van der Waals surface area contributed by atoms with Crippen molar-refractivity contribution in [1.29, 1.82) is 0 Å². The normalized spacial score (nSPS) is 43.8. The summed E-state index contributed by atoms with van der Waals surface area (Å²) in [6, 6.07) is 0. The predicted octanol–water partition coefficient (Wildman–Crippen LogP) is 3.83. The molecule has 4 bridgehead atoms. The van der Waals surface area contributed by atoms with Gasteiger partial charge in [-0.05, 0) is 80.0 Å². The molecule has 4 aliphatic rings. The minimum atomic E-state index is -0.103. The van der Waals surface area contributed by atoms with Gasteiger partial charge >= 0.3 is 5.97 Å². The lowest BCUT2D eigenvalue weighted by Gasteiger charge is -2.39. The molecule has 8 atom stereocenters. The van der Waals surface area contributed by atoms with Crippen LogP contribution in [-0.4, -0.2) is 25.8 Å². The van der Waals surface area contributed by atoms with Gasteiger partial charge < -0.3 is 9.47 Å². The van der Waals surface area contributed by atoms with Crippen LogP contribution in [0.3, 0.4) is 0 Å². The van der Waals surface area contributed by atoms with E-state index >= 15 is 0 Å². The molecular formula is C20H30O3. The quantitative estimate of drug-likeness (QED) is 0.310. The minimum Gasteiger partial charge on any atom is -0.462 e. The summed E-state index contributed by atoms with van der Waals surface area (Å²) >= 11 is 0. The molecule has 23 heavy (non-hydrogen) atoms. The van der Waals surface area contributed by atoms with E-state index in [1.54, 1.807) is 14.0 Å². The Balaban J connectivity index is 1.43. The topological polar surface area (TPSA) is 35.5 Å². The standard InChI is InChI=1S/C20H30O3/c1-12(21)23-18(5-3-4-8-22-2)16-10-15-11-17(16)20-14-7-6-13(9-14)19(15)20/h6-7,13-20H,3-5,8-11H2,1-2H3. The Bertz CT molecular complexity index is 485. The molecule has 3 fully saturated rings. The summed E-state index contributed by atoms with van der Waals surface area (Å²) in [5.41, 5.74) is 0. The van der Waals surface area contributed by atoms with Gasteiger partial charge in [-0.3, -0.25) is 4.79 Å². The van der Waals surface area contributed by atoms with Gasteiger partial charge in [-0.15, -0.1) is 0 Å². The van der Waals surface area contributed by atoms with Crippen LogP contribution in [0, 0.1) is 41.4 Å².